The standard InChI is InChI=1S/C15H19N3O3/c1-9-5-6-10(8-16)7-11(9)17-14(21)18-12(13(19)20)15(2,3)4/h5-7,12H,1-4H3,(H,19,20)(H2,17,18,21)/t12-/m0/s1. The number of benzene rings is 1. The van der Waals surface area contributed by atoms with E-state index in [4.69, 9.17) is 5.26 Å². The number of nitrogens with zero attached hydrogens (tertiary/aromatic N) is 1. The van der Waals surface area contributed by atoms with Gasteiger partial charge in [0.25, 0.3) is 0 Å². The Morgan fingerprint density at radius 1 is 1.33 bits per heavy atom. The number of nitrogens with one attached hydrogen (secondary N) is 2. The molecule has 21 heavy (non-hydrogen) atoms. The van der Waals surface area contributed by atoms with Crippen molar-refractivity contribution in [2.24, 2.45) is 5.41 Å². The first-order valence-electron chi connectivity index (χ1n) is 6.46. The predicted octanol–water partition coefficient (Wildman–Crippen LogP) is 2.49. The summed E-state index contributed by atoms with van der Waals surface area (Å²) < 4.78 is 0. The van der Waals surface area contributed by atoms with Crippen LogP contribution in [0.3, 0.4) is 0 Å². The summed E-state index contributed by atoms with van der Waals surface area (Å²) in [6.07, 6.45) is 0. The third-order valence-corrected chi connectivity index (χ3v) is 3.00. The van der Waals surface area contributed by atoms with Gasteiger partial charge in [-0.05, 0) is 30.0 Å². The van der Waals surface area contributed by atoms with Gasteiger partial charge in [-0.15, -0.1) is 0 Å². The van der Waals surface area contributed by atoms with Gasteiger partial charge in [0.05, 0.1) is 11.6 Å². The van der Waals surface area contributed by atoms with Crippen molar-refractivity contribution >= 4 is 17.7 Å². The first kappa shape index (κ1) is 16.5. The van der Waals surface area contributed by atoms with E-state index >= 15 is 0 Å². The number of aryl methyl sites for hydroxylation is 1. The Kier molecular flexibility index (Phi) is 4.93. The first-order valence-corrected chi connectivity index (χ1v) is 6.46. The first-order chi connectivity index (χ1) is 9.65. The number of hydrogen-bond donors (Lipinski definition) is 3. The van der Waals surface area contributed by atoms with Gasteiger partial charge in [0.2, 0.25) is 0 Å². The maximum Gasteiger partial charge on any atom is 0.326 e. The van der Waals surface area contributed by atoms with Gasteiger partial charge < -0.3 is 15.7 Å². The van der Waals surface area contributed by atoms with E-state index in [0.717, 1.165) is 5.56 Å². The molecular formula is C15H19N3O3. The number of amides is 2. The van der Waals surface area contributed by atoms with Gasteiger partial charge in [-0.25, -0.2) is 9.59 Å². The highest BCUT2D eigenvalue weighted by atomic mass is 16.4. The van der Waals surface area contributed by atoms with Crippen LogP contribution in [-0.4, -0.2) is 23.1 Å². The number of aliphatic carboxylic acids is 1. The molecule has 3 N–H and O–H groups in total. The van der Waals surface area contributed by atoms with Crippen LogP contribution in [0.2, 0.25) is 0 Å². The molecule has 2 amide bonds. The lowest BCUT2D eigenvalue weighted by atomic mass is 9.87. The summed E-state index contributed by atoms with van der Waals surface area (Å²) >= 11 is 0. The summed E-state index contributed by atoms with van der Waals surface area (Å²) in [4.78, 5) is 23.2. The van der Waals surface area contributed by atoms with Crippen LogP contribution in [0.4, 0.5) is 10.5 Å². The largest absolute Gasteiger partial charge is 0.480 e. The number of carbonyl (C=O) groups excluding carboxylic acids is 1. The Morgan fingerprint density at radius 3 is 2.43 bits per heavy atom. The van der Waals surface area contributed by atoms with Gasteiger partial charge in [-0.2, -0.15) is 5.26 Å². The molecule has 0 aliphatic carbocycles. The van der Waals surface area contributed by atoms with E-state index in [0.29, 0.717) is 11.3 Å². The summed E-state index contributed by atoms with van der Waals surface area (Å²) in [7, 11) is 0. The van der Waals surface area contributed by atoms with Gasteiger partial charge >= 0.3 is 12.0 Å². The summed E-state index contributed by atoms with van der Waals surface area (Å²) in [6, 6.07) is 5.26. The van der Waals surface area contributed by atoms with Gasteiger partial charge in [0.1, 0.15) is 6.04 Å². The zero-order valence-electron chi connectivity index (χ0n) is 12.5. The van der Waals surface area contributed by atoms with E-state index in [1.165, 1.54) is 0 Å². The Bertz CT molecular complexity index is 597. The fourth-order valence-corrected chi connectivity index (χ4v) is 1.76. The van der Waals surface area contributed by atoms with Crippen molar-refractivity contribution in [3.63, 3.8) is 0 Å². The van der Waals surface area contributed by atoms with Crippen molar-refractivity contribution in [2.75, 3.05) is 5.32 Å². The number of carboxylic acids is 1. The van der Waals surface area contributed by atoms with Crippen molar-refractivity contribution in [2.45, 2.75) is 33.7 Å². The van der Waals surface area contributed by atoms with Crippen LogP contribution in [0, 0.1) is 23.7 Å². The third kappa shape index (κ3) is 4.49. The molecule has 0 fully saturated rings. The molecule has 6 heteroatoms. The second-order valence-electron chi connectivity index (χ2n) is 5.88. The highest BCUT2D eigenvalue weighted by molar-refractivity contribution is 5.93. The smallest absolute Gasteiger partial charge is 0.326 e. The lowest BCUT2D eigenvalue weighted by Gasteiger charge is -2.27. The Hall–Kier alpha value is -2.55. The maximum atomic E-state index is 12.0. The van der Waals surface area contributed by atoms with Crippen LogP contribution in [0.1, 0.15) is 31.9 Å². The fraction of sp³-hybridized carbons (Fsp3) is 0.400. The number of carboxylic acid groups (broad SMARTS) is 1. The van der Waals surface area contributed by atoms with Crippen LogP contribution in [0.15, 0.2) is 18.2 Å². The normalized spacial score (nSPS) is 12.1. The van der Waals surface area contributed by atoms with Crippen LogP contribution in [-0.2, 0) is 4.79 Å². The predicted molar refractivity (Wildman–Crippen MR) is 78.9 cm³/mol. The fourth-order valence-electron chi connectivity index (χ4n) is 1.76. The summed E-state index contributed by atoms with van der Waals surface area (Å²) in [5.74, 6) is -1.10. The average molecular weight is 289 g/mol. The molecule has 0 saturated heterocycles. The molecule has 1 atom stereocenters. The second kappa shape index (κ2) is 6.27. The molecule has 0 aliphatic heterocycles. The topological polar surface area (TPSA) is 102 Å². The molecule has 1 aromatic carbocycles. The summed E-state index contributed by atoms with van der Waals surface area (Å²) in [5, 5.41) is 23.0. The molecule has 112 valence electrons. The monoisotopic (exact) mass is 289 g/mol. The summed E-state index contributed by atoms with van der Waals surface area (Å²) in [6.45, 7) is 6.98. The highest BCUT2D eigenvalue weighted by Gasteiger charge is 2.32. The van der Waals surface area contributed by atoms with E-state index < -0.39 is 23.5 Å². The van der Waals surface area contributed by atoms with Crippen molar-refractivity contribution < 1.29 is 14.7 Å². The minimum Gasteiger partial charge on any atom is -0.480 e. The SMILES string of the molecule is Cc1ccc(C#N)cc1NC(=O)N[C@@H](C(=O)O)C(C)(C)C. The number of anilines is 1. The van der Waals surface area contributed by atoms with E-state index in [1.54, 1.807) is 45.9 Å². The minimum atomic E-state index is -1.10. The second-order valence-corrected chi connectivity index (χ2v) is 5.88. The Morgan fingerprint density at radius 2 is 1.95 bits per heavy atom. The zero-order valence-corrected chi connectivity index (χ0v) is 12.5. The molecule has 0 heterocycles. The number of nitriles is 1. The van der Waals surface area contributed by atoms with Gasteiger partial charge in [0, 0.05) is 5.69 Å². The third-order valence-electron chi connectivity index (χ3n) is 3.00. The van der Waals surface area contributed by atoms with Crippen LogP contribution in [0.25, 0.3) is 0 Å². The molecule has 0 unspecified atom stereocenters. The molecule has 0 spiro atoms. The van der Waals surface area contributed by atoms with Crippen molar-refractivity contribution in [3.05, 3.63) is 29.3 Å². The molecule has 1 rings (SSSR count). The molecule has 0 radical (unpaired) electrons. The maximum absolute atomic E-state index is 12.0. The van der Waals surface area contributed by atoms with Crippen molar-refractivity contribution in [1.29, 1.82) is 5.26 Å². The molecule has 0 aromatic heterocycles. The molecule has 0 aliphatic rings. The van der Waals surface area contributed by atoms with Gasteiger partial charge in [-0.1, -0.05) is 26.8 Å². The Labute approximate surface area is 123 Å². The lowest BCUT2D eigenvalue weighted by Crippen LogP contribution is -2.50. The van der Waals surface area contributed by atoms with Gasteiger partial charge in [0.15, 0.2) is 0 Å². The number of hydrogen-bond acceptors (Lipinski definition) is 3. The van der Waals surface area contributed by atoms with Crippen molar-refractivity contribution in [1.82, 2.24) is 5.32 Å². The minimum absolute atomic E-state index is 0.418. The van der Waals surface area contributed by atoms with Gasteiger partial charge in [-0.3, -0.25) is 0 Å². The average Bonchev–Trinajstić information content (AvgIpc) is 2.37. The van der Waals surface area contributed by atoms with Crippen LogP contribution >= 0.6 is 0 Å². The van der Waals surface area contributed by atoms with E-state index in [9.17, 15) is 14.7 Å². The summed E-state index contributed by atoms with van der Waals surface area (Å²) in [5.41, 5.74) is 1.06. The quantitative estimate of drug-likeness (QED) is 0.795. The molecular weight excluding hydrogens is 270 g/mol. The molecule has 1 aromatic rings. The molecule has 0 saturated carbocycles. The highest BCUT2D eigenvalue weighted by Crippen LogP contribution is 2.20. The molecule has 6 nitrogen and oxygen atoms in total. The van der Waals surface area contributed by atoms with Crippen LogP contribution in [0.5, 0.6) is 0 Å². The number of rotatable bonds is 3. The van der Waals surface area contributed by atoms with Crippen LogP contribution < -0.4 is 10.6 Å². The van der Waals surface area contributed by atoms with E-state index in [2.05, 4.69) is 10.6 Å². The Balaban J connectivity index is 2.87. The van der Waals surface area contributed by atoms with E-state index in [1.807, 2.05) is 6.07 Å². The molecule has 0 bridgehead atoms. The van der Waals surface area contributed by atoms with E-state index in [-0.39, 0.29) is 0 Å². The zero-order chi connectivity index (χ0) is 16.2. The number of urea groups is 1. The number of carbonyl (C=O) groups is 2. The lowest BCUT2D eigenvalue weighted by molar-refractivity contribution is -0.141. The van der Waals surface area contributed by atoms with Crippen molar-refractivity contribution in [3.8, 4) is 6.07 Å².